The van der Waals surface area contributed by atoms with Crippen LogP contribution in [0.1, 0.15) is 17.5 Å². The first-order chi connectivity index (χ1) is 19.5. The highest BCUT2D eigenvalue weighted by atomic mass is 32.1. The average molecular weight is 556 g/mol. The smallest absolute Gasteiger partial charge is 0.291 e. The number of rotatable bonds is 4. The van der Waals surface area contributed by atoms with Crippen molar-refractivity contribution in [2.45, 2.75) is 6.10 Å². The molecule has 5 aromatic rings. The van der Waals surface area contributed by atoms with Crippen molar-refractivity contribution in [1.82, 2.24) is 14.6 Å². The number of fused-ring (bicyclic) bond motifs is 3. The number of anilines is 2. The minimum absolute atomic E-state index is 0.173. The molecule has 2 aromatic heterocycles. The lowest BCUT2D eigenvalue weighted by atomic mass is 10.1. The molecule has 2 aliphatic rings. The molecule has 1 unspecified atom stereocenters. The molecule has 0 spiro atoms. The monoisotopic (exact) mass is 555 g/mol. The van der Waals surface area contributed by atoms with Gasteiger partial charge < -0.3 is 14.8 Å². The Balaban J connectivity index is 1.22. The third-order valence-corrected chi connectivity index (χ3v) is 7.58. The van der Waals surface area contributed by atoms with Crippen LogP contribution in [0.25, 0.3) is 10.5 Å². The summed E-state index contributed by atoms with van der Waals surface area (Å²) in [5.41, 5.74) is 1.12. The molecule has 10 nitrogen and oxygen atoms in total. The highest BCUT2D eigenvalue weighted by Gasteiger charge is 2.36. The number of benzene rings is 3. The van der Waals surface area contributed by atoms with Gasteiger partial charge in [0.1, 0.15) is 23.5 Å². The van der Waals surface area contributed by atoms with E-state index in [1.807, 2.05) is 12.1 Å². The fourth-order valence-corrected chi connectivity index (χ4v) is 5.72. The van der Waals surface area contributed by atoms with Gasteiger partial charge in [-0.15, -0.1) is 5.10 Å². The van der Waals surface area contributed by atoms with Crippen LogP contribution < -0.4 is 29.8 Å². The molecule has 2 aliphatic heterocycles. The van der Waals surface area contributed by atoms with Gasteiger partial charge in [-0.3, -0.25) is 19.3 Å². The van der Waals surface area contributed by atoms with Crippen molar-refractivity contribution in [3.8, 4) is 11.5 Å². The summed E-state index contributed by atoms with van der Waals surface area (Å²) >= 11 is 1.04. The van der Waals surface area contributed by atoms with E-state index in [0.29, 0.717) is 39.2 Å². The first-order valence-corrected chi connectivity index (χ1v) is 13.1. The van der Waals surface area contributed by atoms with Crippen molar-refractivity contribution in [3.63, 3.8) is 0 Å². The molecule has 1 N–H and O–H groups in total. The summed E-state index contributed by atoms with van der Waals surface area (Å²) in [6, 6.07) is 19.5. The Labute approximate surface area is 228 Å². The summed E-state index contributed by atoms with van der Waals surface area (Å²) in [5, 5.41) is 7.03. The van der Waals surface area contributed by atoms with E-state index in [-0.39, 0.29) is 23.3 Å². The molecule has 40 heavy (non-hydrogen) atoms. The summed E-state index contributed by atoms with van der Waals surface area (Å²) < 4.78 is 26.3. The fourth-order valence-electron chi connectivity index (χ4n) is 4.72. The fraction of sp³-hybridized carbons (Fsp3) is 0.107. The normalized spacial score (nSPS) is 17.3. The number of carbonyl (C=O) groups is 2. The second-order valence-corrected chi connectivity index (χ2v) is 10.1. The first kappa shape index (κ1) is 24.0. The molecule has 12 heteroatoms. The Hall–Kier alpha value is -5.10. The minimum atomic E-state index is -0.596. The van der Waals surface area contributed by atoms with E-state index in [4.69, 9.17) is 9.47 Å². The van der Waals surface area contributed by atoms with Gasteiger partial charge in [0.25, 0.3) is 11.5 Å². The number of hydrogen-bond donors (Lipinski definition) is 1. The van der Waals surface area contributed by atoms with E-state index in [2.05, 4.69) is 15.4 Å². The van der Waals surface area contributed by atoms with Crippen LogP contribution >= 0.6 is 11.3 Å². The van der Waals surface area contributed by atoms with Crippen LogP contribution in [-0.2, 0) is 9.59 Å². The molecule has 0 saturated heterocycles. The predicted octanol–water partition coefficient (Wildman–Crippen LogP) is 2.71. The van der Waals surface area contributed by atoms with Crippen molar-refractivity contribution in [2.24, 2.45) is 0 Å². The molecular formula is C28H18FN5O5S. The lowest BCUT2D eigenvalue weighted by molar-refractivity contribution is -0.118. The van der Waals surface area contributed by atoms with Crippen molar-refractivity contribution >= 4 is 45.1 Å². The molecule has 0 aliphatic carbocycles. The van der Waals surface area contributed by atoms with Crippen molar-refractivity contribution < 1.29 is 23.5 Å². The summed E-state index contributed by atoms with van der Waals surface area (Å²) in [5.74, 6) is 0.0964. The Kier molecular flexibility index (Phi) is 5.56. The molecule has 2 amide bonds. The number of carbonyl (C=O) groups excluding carboxylic acids is 2. The Morgan fingerprint density at radius 1 is 1.02 bits per heavy atom. The quantitative estimate of drug-likeness (QED) is 0.363. The minimum Gasteiger partial charge on any atom is -0.485 e. The molecule has 0 saturated carbocycles. The van der Waals surface area contributed by atoms with Gasteiger partial charge in [-0.25, -0.2) is 4.39 Å². The highest BCUT2D eigenvalue weighted by Crippen LogP contribution is 2.36. The van der Waals surface area contributed by atoms with Crippen LogP contribution in [0.3, 0.4) is 0 Å². The van der Waals surface area contributed by atoms with Gasteiger partial charge in [0.05, 0.1) is 11.3 Å². The molecular weight excluding hydrogens is 537 g/mol. The number of para-hydroxylation sites is 3. The van der Waals surface area contributed by atoms with E-state index >= 15 is 0 Å². The Morgan fingerprint density at radius 2 is 1.77 bits per heavy atom. The van der Waals surface area contributed by atoms with E-state index in [1.165, 1.54) is 29.2 Å². The van der Waals surface area contributed by atoms with Crippen LogP contribution in [0.4, 0.5) is 15.8 Å². The molecule has 4 heterocycles. The van der Waals surface area contributed by atoms with Gasteiger partial charge in [0.2, 0.25) is 10.9 Å². The molecule has 7 rings (SSSR count). The third kappa shape index (κ3) is 3.96. The number of nitrogens with zero attached hydrogens (tertiary/aromatic N) is 4. The second-order valence-electron chi connectivity index (χ2n) is 9.10. The zero-order valence-corrected chi connectivity index (χ0v) is 21.4. The number of amides is 2. The van der Waals surface area contributed by atoms with Gasteiger partial charge >= 0.3 is 0 Å². The van der Waals surface area contributed by atoms with Gasteiger partial charge in [0.15, 0.2) is 23.4 Å². The first-order valence-electron chi connectivity index (χ1n) is 12.3. The number of ether oxygens (including phenoxy) is 2. The van der Waals surface area contributed by atoms with Crippen molar-refractivity contribution in [1.29, 1.82) is 0 Å². The van der Waals surface area contributed by atoms with Gasteiger partial charge in [-0.05, 0) is 42.5 Å². The molecule has 1 atom stereocenters. The number of hydrogen-bond acceptors (Lipinski definition) is 8. The van der Waals surface area contributed by atoms with E-state index in [0.717, 1.165) is 15.9 Å². The number of aromatic nitrogens is 3. The van der Waals surface area contributed by atoms with E-state index in [9.17, 15) is 18.8 Å². The molecule has 0 fully saturated rings. The third-order valence-electron chi connectivity index (χ3n) is 6.55. The number of halogens is 1. The summed E-state index contributed by atoms with van der Waals surface area (Å²) in [7, 11) is 0. The lowest BCUT2D eigenvalue weighted by Gasteiger charge is -2.24. The molecule has 0 bridgehead atoms. The summed E-state index contributed by atoms with van der Waals surface area (Å²) in [6.45, 7) is -0.107. The summed E-state index contributed by atoms with van der Waals surface area (Å²) in [6.07, 6.45) is -0.596. The van der Waals surface area contributed by atoms with Crippen LogP contribution in [-0.4, -0.2) is 39.6 Å². The van der Waals surface area contributed by atoms with Gasteiger partial charge in [-0.1, -0.05) is 41.7 Å². The maximum atomic E-state index is 13.6. The van der Waals surface area contributed by atoms with Crippen LogP contribution in [0, 0.1) is 5.82 Å². The topological polar surface area (TPSA) is 115 Å². The maximum absolute atomic E-state index is 13.6. The zero-order chi connectivity index (χ0) is 27.4. The van der Waals surface area contributed by atoms with Gasteiger partial charge in [0, 0.05) is 11.3 Å². The average Bonchev–Trinajstić information content (AvgIpc) is 3.60. The van der Waals surface area contributed by atoms with Crippen LogP contribution in [0.5, 0.6) is 11.5 Å². The second kappa shape index (κ2) is 9.27. The predicted molar refractivity (Wildman–Crippen MR) is 144 cm³/mol. The molecule has 0 radical (unpaired) electrons. The Bertz CT molecular complexity index is 1940. The van der Waals surface area contributed by atoms with Crippen molar-refractivity contribution in [3.05, 3.63) is 105 Å². The molecule has 3 aromatic carbocycles. The number of nitrogens with one attached hydrogen (secondary N) is 1. The van der Waals surface area contributed by atoms with Crippen molar-refractivity contribution in [2.75, 3.05) is 23.4 Å². The largest absolute Gasteiger partial charge is 0.485 e. The standard InChI is InChI=1S/C28H18FN5O5S/c29-15-9-11-16(12-10-15)30-22(35)13-33-18-6-2-1-5-17(18)23(26(33)36)24-27(37)34-28(40-24)31-25(32-34)21-14-38-19-7-3-4-8-20(19)39-21/h1-12,21H,13-14H2,(H,30,35)/b24-23-. The maximum Gasteiger partial charge on any atom is 0.291 e. The summed E-state index contributed by atoms with van der Waals surface area (Å²) in [4.78, 5) is 46.0. The molecule has 198 valence electrons. The van der Waals surface area contributed by atoms with Crippen LogP contribution in [0.2, 0.25) is 0 Å². The lowest BCUT2D eigenvalue weighted by Crippen LogP contribution is -2.37. The number of thiazole rings is 1. The zero-order valence-electron chi connectivity index (χ0n) is 20.5. The highest BCUT2D eigenvalue weighted by molar-refractivity contribution is 7.15. The SMILES string of the molecule is O=C(CN1C(=O)/C(=c2\sc3nc(C4COc5ccccc5O4)nn3c2=O)c2ccccc21)Nc1ccc(F)cc1. The van der Waals surface area contributed by atoms with Crippen LogP contribution in [0.15, 0.2) is 77.6 Å². The van der Waals surface area contributed by atoms with E-state index < -0.39 is 29.3 Å². The van der Waals surface area contributed by atoms with Gasteiger partial charge in [-0.2, -0.15) is 9.50 Å². The Morgan fingerprint density at radius 3 is 2.58 bits per heavy atom. The van der Waals surface area contributed by atoms with E-state index in [1.54, 1.807) is 36.4 Å².